The summed E-state index contributed by atoms with van der Waals surface area (Å²) in [6, 6.07) is 0.725. The predicted molar refractivity (Wildman–Crippen MR) is 67.4 cm³/mol. The van der Waals surface area contributed by atoms with E-state index >= 15 is 0 Å². The molecule has 0 aromatic rings. The average Bonchev–Trinajstić information content (AvgIpc) is 2.39. The molecule has 0 bridgehead atoms. The van der Waals surface area contributed by atoms with Gasteiger partial charge >= 0.3 is 0 Å². The highest BCUT2D eigenvalue weighted by atomic mass is 32.2. The SMILES string of the molecule is CCC1CCN(C(C)CS(C)(=O)=O)CCN1. The van der Waals surface area contributed by atoms with Gasteiger partial charge in [0.1, 0.15) is 9.84 Å². The maximum absolute atomic E-state index is 11.2. The normalized spacial score (nSPS) is 26.3. The minimum absolute atomic E-state index is 0.132. The van der Waals surface area contributed by atoms with Gasteiger partial charge in [-0.05, 0) is 26.3 Å². The van der Waals surface area contributed by atoms with Gasteiger partial charge < -0.3 is 5.32 Å². The summed E-state index contributed by atoms with van der Waals surface area (Å²) in [4.78, 5) is 2.28. The van der Waals surface area contributed by atoms with Crippen LogP contribution in [0, 0.1) is 0 Å². The fraction of sp³-hybridized carbons (Fsp3) is 1.00. The molecule has 1 saturated heterocycles. The fourth-order valence-electron chi connectivity index (χ4n) is 2.28. The molecule has 0 aromatic carbocycles. The van der Waals surface area contributed by atoms with E-state index in [-0.39, 0.29) is 11.8 Å². The highest BCUT2D eigenvalue weighted by Gasteiger charge is 2.21. The minimum Gasteiger partial charge on any atom is -0.313 e. The van der Waals surface area contributed by atoms with Crippen LogP contribution in [0.15, 0.2) is 0 Å². The first-order chi connectivity index (χ1) is 7.42. The Morgan fingerprint density at radius 2 is 2.12 bits per heavy atom. The maximum Gasteiger partial charge on any atom is 0.148 e. The molecule has 5 heteroatoms. The molecule has 96 valence electrons. The monoisotopic (exact) mass is 248 g/mol. The Morgan fingerprint density at radius 1 is 1.44 bits per heavy atom. The van der Waals surface area contributed by atoms with E-state index in [1.807, 2.05) is 6.92 Å². The van der Waals surface area contributed by atoms with Crippen LogP contribution < -0.4 is 5.32 Å². The second-order valence-corrected chi connectivity index (χ2v) is 7.01. The van der Waals surface area contributed by atoms with Crippen LogP contribution in [0.3, 0.4) is 0 Å². The van der Waals surface area contributed by atoms with Gasteiger partial charge in [-0.25, -0.2) is 8.42 Å². The van der Waals surface area contributed by atoms with Crippen molar-refractivity contribution >= 4 is 9.84 Å². The third-order valence-corrected chi connectivity index (χ3v) is 4.34. The lowest BCUT2D eigenvalue weighted by atomic mass is 10.1. The van der Waals surface area contributed by atoms with Gasteiger partial charge in [-0.3, -0.25) is 4.90 Å². The Hall–Kier alpha value is -0.130. The Bertz CT molecular complexity index is 303. The lowest BCUT2D eigenvalue weighted by Gasteiger charge is -2.26. The summed E-state index contributed by atoms with van der Waals surface area (Å²) in [6.07, 6.45) is 3.58. The van der Waals surface area contributed by atoms with Crippen LogP contribution in [-0.2, 0) is 9.84 Å². The second kappa shape index (κ2) is 5.98. The van der Waals surface area contributed by atoms with E-state index in [0.29, 0.717) is 6.04 Å². The number of nitrogens with one attached hydrogen (secondary N) is 1. The smallest absolute Gasteiger partial charge is 0.148 e. The molecule has 0 aliphatic carbocycles. The Morgan fingerprint density at radius 3 is 2.69 bits per heavy atom. The van der Waals surface area contributed by atoms with Gasteiger partial charge in [-0.2, -0.15) is 0 Å². The number of hydrogen-bond donors (Lipinski definition) is 1. The molecule has 1 N–H and O–H groups in total. The zero-order valence-electron chi connectivity index (χ0n) is 10.6. The van der Waals surface area contributed by atoms with Crippen LogP contribution in [0.25, 0.3) is 0 Å². The fourth-order valence-corrected chi connectivity index (χ4v) is 3.37. The molecule has 1 aliphatic heterocycles. The zero-order chi connectivity index (χ0) is 12.2. The van der Waals surface area contributed by atoms with Gasteiger partial charge in [0.05, 0.1) is 5.75 Å². The molecule has 0 amide bonds. The lowest BCUT2D eigenvalue weighted by molar-refractivity contribution is 0.237. The van der Waals surface area contributed by atoms with E-state index in [1.54, 1.807) is 0 Å². The van der Waals surface area contributed by atoms with E-state index in [2.05, 4.69) is 17.1 Å². The van der Waals surface area contributed by atoms with Gasteiger partial charge in [-0.1, -0.05) is 6.92 Å². The van der Waals surface area contributed by atoms with Gasteiger partial charge in [0.2, 0.25) is 0 Å². The van der Waals surface area contributed by atoms with E-state index in [1.165, 1.54) is 6.26 Å². The Balaban J connectivity index is 2.48. The van der Waals surface area contributed by atoms with Crippen LogP contribution in [0.2, 0.25) is 0 Å². The third kappa shape index (κ3) is 4.80. The summed E-state index contributed by atoms with van der Waals surface area (Å²) in [5, 5.41) is 3.49. The third-order valence-electron chi connectivity index (χ3n) is 3.26. The van der Waals surface area contributed by atoms with Gasteiger partial charge in [0.25, 0.3) is 0 Å². The van der Waals surface area contributed by atoms with Crippen molar-refractivity contribution in [2.45, 2.75) is 38.8 Å². The summed E-state index contributed by atoms with van der Waals surface area (Å²) in [6.45, 7) is 7.11. The van der Waals surface area contributed by atoms with Crippen LogP contribution in [-0.4, -0.2) is 57.0 Å². The van der Waals surface area contributed by atoms with Crippen LogP contribution in [0.5, 0.6) is 0 Å². The first-order valence-electron chi connectivity index (χ1n) is 6.07. The molecule has 2 unspecified atom stereocenters. The van der Waals surface area contributed by atoms with Gasteiger partial charge in [0, 0.05) is 31.4 Å². The standard InChI is InChI=1S/C11H24N2O2S/c1-4-11-5-7-13(8-6-12-11)10(2)9-16(3,14)15/h10-12H,4-9H2,1-3H3. The molecule has 1 aliphatic rings. The molecule has 0 aromatic heterocycles. The lowest BCUT2D eigenvalue weighted by Crippen LogP contribution is -2.39. The molecule has 16 heavy (non-hydrogen) atoms. The van der Waals surface area contributed by atoms with Crippen molar-refractivity contribution < 1.29 is 8.42 Å². The molecular weight excluding hydrogens is 224 g/mol. The van der Waals surface area contributed by atoms with Gasteiger partial charge in [0.15, 0.2) is 0 Å². The summed E-state index contributed by atoms with van der Waals surface area (Å²) >= 11 is 0. The highest BCUT2D eigenvalue weighted by Crippen LogP contribution is 2.09. The summed E-state index contributed by atoms with van der Waals surface area (Å²) in [5.74, 6) is 0.268. The summed E-state index contributed by atoms with van der Waals surface area (Å²) < 4.78 is 22.5. The first-order valence-corrected chi connectivity index (χ1v) is 8.13. The molecule has 1 fully saturated rings. The zero-order valence-corrected chi connectivity index (χ0v) is 11.4. The van der Waals surface area contributed by atoms with E-state index in [4.69, 9.17) is 0 Å². The van der Waals surface area contributed by atoms with Crippen molar-refractivity contribution in [3.63, 3.8) is 0 Å². The van der Waals surface area contributed by atoms with E-state index in [9.17, 15) is 8.42 Å². The Kier molecular flexibility index (Phi) is 5.21. The first kappa shape index (κ1) is 13.9. The molecular formula is C11H24N2O2S. The van der Waals surface area contributed by atoms with Crippen LogP contribution >= 0.6 is 0 Å². The quantitative estimate of drug-likeness (QED) is 0.787. The van der Waals surface area contributed by atoms with E-state index in [0.717, 1.165) is 32.5 Å². The molecule has 0 spiro atoms. The van der Waals surface area contributed by atoms with Crippen LogP contribution in [0.1, 0.15) is 26.7 Å². The summed E-state index contributed by atoms with van der Waals surface area (Å²) in [7, 11) is -2.87. The van der Waals surface area contributed by atoms with E-state index < -0.39 is 9.84 Å². The predicted octanol–water partition coefficient (Wildman–Crippen LogP) is 0.493. The number of sulfone groups is 1. The van der Waals surface area contributed by atoms with Crippen molar-refractivity contribution in [2.24, 2.45) is 0 Å². The molecule has 1 rings (SSSR count). The molecule has 4 nitrogen and oxygen atoms in total. The summed E-state index contributed by atoms with van der Waals surface area (Å²) in [5.41, 5.74) is 0. The van der Waals surface area contributed by atoms with Crippen molar-refractivity contribution in [2.75, 3.05) is 31.6 Å². The largest absolute Gasteiger partial charge is 0.313 e. The van der Waals surface area contributed by atoms with Crippen LogP contribution in [0.4, 0.5) is 0 Å². The highest BCUT2D eigenvalue weighted by molar-refractivity contribution is 7.90. The molecule has 2 atom stereocenters. The number of nitrogens with zero attached hydrogens (tertiary/aromatic N) is 1. The van der Waals surface area contributed by atoms with Crippen molar-refractivity contribution in [1.82, 2.24) is 10.2 Å². The van der Waals surface area contributed by atoms with Gasteiger partial charge in [-0.15, -0.1) is 0 Å². The minimum atomic E-state index is -2.87. The molecule has 1 heterocycles. The van der Waals surface area contributed by atoms with Crippen molar-refractivity contribution in [3.8, 4) is 0 Å². The Labute approximate surface area is 99.3 Å². The van der Waals surface area contributed by atoms with Crippen molar-refractivity contribution in [1.29, 1.82) is 0 Å². The maximum atomic E-state index is 11.2. The second-order valence-electron chi connectivity index (χ2n) is 4.83. The average molecular weight is 248 g/mol. The van der Waals surface area contributed by atoms with Crippen molar-refractivity contribution in [3.05, 3.63) is 0 Å². The molecule has 0 radical (unpaired) electrons. The molecule has 0 saturated carbocycles. The number of rotatable bonds is 4. The topological polar surface area (TPSA) is 49.4 Å². The number of hydrogen-bond acceptors (Lipinski definition) is 4.